The number of hydrogen-bond acceptors (Lipinski definition) is 3. The van der Waals surface area contributed by atoms with Gasteiger partial charge in [-0.05, 0) is 37.9 Å². The molecule has 0 radical (unpaired) electrons. The van der Waals surface area contributed by atoms with Gasteiger partial charge in [-0.15, -0.1) is 0 Å². The van der Waals surface area contributed by atoms with Gasteiger partial charge in [0, 0.05) is 38.4 Å². The highest BCUT2D eigenvalue weighted by Crippen LogP contribution is 2.22. The Morgan fingerprint density at radius 1 is 1.35 bits per heavy atom. The first-order valence-corrected chi connectivity index (χ1v) is 6.70. The van der Waals surface area contributed by atoms with Crippen molar-refractivity contribution in [2.75, 3.05) is 26.2 Å². The quantitative estimate of drug-likeness (QED) is 0.772. The summed E-state index contributed by atoms with van der Waals surface area (Å²) >= 11 is 0. The molecule has 3 heteroatoms. The number of hydrogen-bond donors (Lipinski definition) is 0. The maximum absolute atomic E-state index is 4.50. The van der Waals surface area contributed by atoms with Crippen LogP contribution in [-0.4, -0.2) is 47.0 Å². The van der Waals surface area contributed by atoms with Crippen molar-refractivity contribution in [1.29, 1.82) is 0 Å². The fourth-order valence-electron chi connectivity index (χ4n) is 3.09. The molecule has 0 aliphatic carbocycles. The second-order valence-electron chi connectivity index (χ2n) is 5.33. The Morgan fingerprint density at radius 3 is 3.18 bits per heavy atom. The molecular formula is C14H21N3. The number of nitrogens with zero attached hydrogens (tertiary/aromatic N) is 3. The van der Waals surface area contributed by atoms with Crippen LogP contribution in [0, 0.1) is 6.92 Å². The Bertz CT molecular complexity index is 391. The number of piperazine rings is 1. The number of aromatic nitrogens is 1. The number of aryl methyl sites for hydroxylation is 1. The zero-order chi connectivity index (χ0) is 11.7. The van der Waals surface area contributed by atoms with Gasteiger partial charge >= 0.3 is 0 Å². The van der Waals surface area contributed by atoms with Crippen LogP contribution in [-0.2, 0) is 6.54 Å². The van der Waals surface area contributed by atoms with E-state index in [1.54, 1.807) is 0 Å². The van der Waals surface area contributed by atoms with E-state index < -0.39 is 0 Å². The van der Waals surface area contributed by atoms with E-state index in [0.29, 0.717) is 0 Å². The molecule has 1 unspecified atom stereocenters. The lowest BCUT2D eigenvalue weighted by atomic mass is 10.1. The molecule has 2 aliphatic heterocycles. The van der Waals surface area contributed by atoms with Crippen molar-refractivity contribution in [3.05, 3.63) is 29.6 Å². The van der Waals surface area contributed by atoms with Gasteiger partial charge in [0.1, 0.15) is 0 Å². The molecule has 0 spiro atoms. The van der Waals surface area contributed by atoms with E-state index in [1.807, 2.05) is 12.3 Å². The van der Waals surface area contributed by atoms with E-state index in [1.165, 1.54) is 50.3 Å². The SMILES string of the molecule is Cc1cccnc1CN1CCN2CCCC2C1. The van der Waals surface area contributed by atoms with Gasteiger partial charge in [0.05, 0.1) is 5.69 Å². The zero-order valence-electron chi connectivity index (χ0n) is 10.6. The first-order valence-electron chi connectivity index (χ1n) is 6.70. The molecular weight excluding hydrogens is 210 g/mol. The number of rotatable bonds is 2. The van der Waals surface area contributed by atoms with E-state index in [-0.39, 0.29) is 0 Å². The largest absolute Gasteiger partial charge is 0.298 e. The molecule has 0 N–H and O–H groups in total. The lowest BCUT2D eigenvalue weighted by Crippen LogP contribution is -2.49. The van der Waals surface area contributed by atoms with Gasteiger partial charge in [-0.3, -0.25) is 14.8 Å². The van der Waals surface area contributed by atoms with Crippen molar-refractivity contribution < 1.29 is 0 Å². The molecule has 0 bridgehead atoms. The minimum Gasteiger partial charge on any atom is -0.298 e. The Labute approximate surface area is 103 Å². The van der Waals surface area contributed by atoms with Gasteiger partial charge in [-0.25, -0.2) is 0 Å². The minimum absolute atomic E-state index is 0.813. The zero-order valence-corrected chi connectivity index (χ0v) is 10.6. The summed E-state index contributed by atoms with van der Waals surface area (Å²) in [6.07, 6.45) is 4.69. The molecule has 92 valence electrons. The third-order valence-corrected chi connectivity index (χ3v) is 4.16. The van der Waals surface area contributed by atoms with Gasteiger partial charge in [0.25, 0.3) is 0 Å². The normalized spacial score (nSPS) is 26.1. The fraction of sp³-hybridized carbons (Fsp3) is 0.643. The smallest absolute Gasteiger partial charge is 0.0573 e. The van der Waals surface area contributed by atoms with E-state index in [4.69, 9.17) is 0 Å². The standard InChI is InChI=1S/C14H21N3/c1-12-4-2-6-15-14(12)11-16-8-9-17-7-3-5-13(17)10-16/h2,4,6,13H,3,5,7-11H2,1H3. The van der Waals surface area contributed by atoms with Crippen LogP contribution < -0.4 is 0 Å². The van der Waals surface area contributed by atoms with E-state index in [2.05, 4.69) is 27.8 Å². The van der Waals surface area contributed by atoms with Crippen LogP contribution in [0.3, 0.4) is 0 Å². The van der Waals surface area contributed by atoms with Crippen molar-refractivity contribution in [3.63, 3.8) is 0 Å². The predicted molar refractivity (Wildman–Crippen MR) is 68.8 cm³/mol. The van der Waals surface area contributed by atoms with Crippen molar-refractivity contribution in [2.45, 2.75) is 32.4 Å². The number of pyridine rings is 1. The molecule has 3 nitrogen and oxygen atoms in total. The third kappa shape index (κ3) is 2.35. The molecule has 0 saturated carbocycles. The van der Waals surface area contributed by atoms with Crippen molar-refractivity contribution in [3.8, 4) is 0 Å². The molecule has 3 heterocycles. The Kier molecular flexibility index (Phi) is 3.12. The summed E-state index contributed by atoms with van der Waals surface area (Å²) in [5, 5.41) is 0. The van der Waals surface area contributed by atoms with Crippen LogP contribution in [0.4, 0.5) is 0 Å². The Balaban J connectivity index is 1.64. The Hall–Kier alpha value is -0.930. The van der Waals surface area contributed by atoms with Gasteiger partial charge in [0.15, 0.2) is 0 Å². The predicted octanol–water partition coefficient (Wildman–Crippen LogP) is 1.67. The average molecular weight is 231 g/mol. The van der Waals surface area contributed by atoms with Gasteiger partial charge in [-0.1, -0.05) is 6.07 Å². The van der Waals surface area contributed by atoms with Gasteiger partial charge in [0.2, 0.25) is 0 Å². The van der Waals surface area contributed by atoms with Crippen LogP contribution in [0.25, 0.3) is 0 Å². The van der Waals surface area contributed by atoms with E-state index >= 15 is 0 Å². The van der Waals surface area contributed by atoms with Crippen LogP contribution in [0.1, 0.15) is 24.1 Å². The first kappa shape index (κ1) is 11.2. The van der Waals surface area contributed by atoms with Crippen LogP contribution in [0.15, 0.2) is 18.3 Å². The fourth-order valence-corrected chi connectivity index (χ4v) is 3.09. The van der Waals surface area contributed by atoms with E-state index in [9.17, 15) is 0 Å². The Morgan fingerprint density at radius 2 is 2.29 bits per heavy atom. The molecule has 2 aliphatic rings. The highest BCUT2D eigenvalue weighted by atomic mass is 15.3. The lowest BCUT2D eigenvalue weighted by molar-refractivity contribution is 0.0983. The molecule has 1 aromatic rings. The second-order valence-corrected chi connectivity index (χ2v) is 5.33. The number of fused-ring (bicyclic) bond motifs is 1. The summed E-state index contributed by atoms with van der Waals surface area (Å²) in [4.78, 5) is 9.73. The minimum atomic E-state index is 0.813. The lowest BCUT2D eigenvalue weighted by Gasteiger charge is -2.37. The maximum Gasteiger partial charge on any atom is 0.0573 e. The summed E-state index contributed by atoms with van der Waals surface area (Å²) in [5.74, 6) is 0. The van der Waals surface area contributed by atoms with Crippen molar-refractivity contribution >= 4 is 0 Å². The van der Waals surface area contributed by atoms with Crippen molar-refractivity contribution in [1.82, 2.24) is 14.8 Å². The maximum atomic E-state index is 4.50. The van der Waals surface area contributed by atoms with E-state index in [0.717, 1.165) is 12.6 Å². The average Bonchev–Trinajstić information content (AvgIpc) is 2.79. The molecule has 2 fully saturated rings. The molecule has 2 saturated heterocycles. The molecule has 3 rings (SSSR count). The molecule has 1 aromatic heterocycles. The van der Waals surface area contributed by atoms with Crippen molar-refractivity contribution in [2.24, 2.45) is 0 Å². The summed E-state index contributed by atoms with van der Waals surface area (Å²) in [6.45, 7) is 8.19. The summed E-state index contributed by atoms with van der Waals surface area (Å²) in [5.41, 5.74) is 2.57. The third-order valence-electron chi connectivity index (χ3n) is 4.16. The van der Waals surface area contributed by atoms with Crippen LogP contribution in [0.5, 0.6) is 0 Å². The highest BCUT2D eigenvalue weighted by Gasteiger charge is 2.30. The topological polar surface area (TPSA) is 19.4 Å². The van der Waals surface area contributed by atoms with Crippen LogP contribution >= 0.6 is 0 Å². The van der Waals surface area contributed by atoms with Gasteiger partial charge < -0.3 is 0 Å². The monoisotopic (exact) mass is 231 g/mol. The van der Waals surface area contributed by atoms with Gasteiger partial charge in [-0.2, -0.15) is 0 Å². The molecule has 1 atom stereocenters. The summed E-state index contributed by atoms with van der Waals surface area (Å²) in [6, 6.07) is 5.00. The first-order chi connectivity index (χ1) is 8.33. The summed E-state index contributed by atoms with van der Waals surface area (Å²) < 4.78 is 0. The molecule has 17 heavy (non-hydrogen) atoms. The second kappa shape index (κ2) is 4.75. The van der Waals surface area contributed by atoms with Crippen LogP contribution in [0.2, 0.25) is 0 Å². The molecule has 0 aromatic carbocycles. The molecule has 0 amide bonds. The summed E-state index contributed by atoms with van der Waals surface area (Å²) in [7, 11) is 0. The highest BCUT2D eigenvalue weighted by molar-refractivity contribution is 5.17.